The lowest BCUT2D eigenvalue weighted by molar-refractivity contribution is 0.601. The van der Waals surface area contributed by atoms with Gasteiger partial charge in [-0.25, -0.2) is 8.42 Å². The van der Waals surface area contributed by atoms with Gasteiger partial charge in [-0.3, -0.25) is 14.0 Å². The van der Waals surface area contributed by atoms with E-state index in [0.717, 1.165) is 5.56 Å². The number of aryl methyl sites for hydroxylation is 2. The van der Waals surface area contributed by atoms with Crippen LogP contribution in [0.15, 0.2) is 41.8 Å². The van der Waals surface area contributed by atoms with Gasteiger partial charge in [-0.05, 0) is 26.0 Å². The molecule has 0 radical (unpaired) electrons. The summed E-state index contributed by atoms with van der Waals surface area (Å²) in [4.78, 5) is 0.195. The molecule has 1 aromatic carbocycles. The van der Waals surface area contributed by atoms with Crippen LogP contribution in [0, 0.1) is 13.8 Å². The van der Waals surface area contributed by atoms with Gasteiger partial charge in [0.25, 0.3) is 10.0 Å². The maximum Gasteiger partial charge on any atom is 0.262 e. The molecule has 3 rings (SSSR count). The average molecular weight is 332 g/mol. The molecule has 0 bridgehead atoms. The normalized spacial score (nSPS) is 11.6. The van der Waals surface area contributed by atoms with Crippen molar-refractivity contribution in [2.24, 2.45) is 7.05 Å². The van der Waals surface area contributed by atoms with E-state index in [2.05, 4.69) is 20.0 Å². The SMILES string of the molecule is Cc1ccc(S(=O)(=O)Nc2c(-n3cnnc3)nn(C)c2C)cc1. The third-order valence-corrected chi connectivity index (χ3v) is 4.91. The minimum absolute atomic E-state index is 0.195. The van der Waals surface area contributed by atoms with Crippen molar-refractivity contribution in [2.45, 2.75) is 18.7 Å². The van der Waals surface area contributed by atoms with E-state index in [1.54, 1.807) is 47.5 Å². The molecule has 9 heteroatoms. The van der Waals surface area contributed by atoms with Crippen LogP contribution in [0.1, 0.15) is 11.3 Å². The molecule has 120 valence electrons. The lowest BCUT2D eigenvalue weighted by atomic mass is 10.2. The molecule has 1 N–H and O–H groups in total. The van der Waals surface area contributed by atoms with E-state index in [0.29, 0.717) is 17.2 Å². The number of sulfonamides is 1. The average Bonchev–Trinajstić information content (AvgIpc) is 3.12. The molecule has 23 heavy (non-hydrogen) atoms. The van der Waals surface area contributed by atoms with Crippen molar-refractivity contribution in [3.8, 4) is 5.82 Å². The number of nitrogens with one attached hydrogen (secondary N) is 1. The van der Waals surface area contributed by atoms with Crippen LogP contribution in [-0.4, -0.2) is 33.0 Å². The summed E-state index contributed by atoms with van der Waals surface area (Å²) in [6, 6.07) is 6.65. The summed E-state index contributed by atoms with van der Waals surface area (Å²) >= 11 is 0. The Kier molecular flexibility index (Phi) is 3.64. The number of hydrogen-bond acceptors (Lipinski definition) is 5. The zero-order valence-electron chi connectivity index (χ0n) is 12.9. The standard InChI is InChI=1S/C14H16N6O2S/c1-10-4-6-12(7-5-10)23(21,22)18-13-11(2)19(3)17-14(13)20-8-15-16-9-20/h4-9,18H,1-3H3. The van der Waals surface area contributed by atoms with Crippen LogP contribution in [0.5, 0.6) is 0 Å². The predicted octanol–water partition coefficient (Wildman–Crippen LogP) is 1.42. The number of aromatic nitrogens is 5. The van der Waals surface area contributed by atoms with Crippen molar-refractivity contribution in [1.29, 1.82) is 0 Å². The number of rotatable bonds is 4. The van der Waals surface area contributed by atoms with Crippen molar-refractivity contribution in [3.63, 3.8) is 0 Å². The first-order valence-corrected chi connectivity index (χ1v) is 8.35. The van der Waals surface area contributed by atoms with Gasteiger partial charge in [0.15, 0.2) is 5.82 Å². The fraction of sp³-hybridized carbons (Fsp3) is 0.214. The Morgan fingerprint density at radius 3 is 2.26 bits per heavy atom. The summed E-state index contributed by atoms with van der Waals surface area (Å²) in [5.41, 5.74) is 2.07. The summed E-state index contributed by atoms with van der Waals surface area (Å²) in [5, 5.41) is 11.8. The van der Waals surface area contributed by atoms with Crippen LogP contribution in [0.25, 0.3) is 5.82 Å². The fourth-order valence-electron chi connectivity index (χ4n) is 2.11. The Bertz CT molecular complexity index is 927. The van der Waals surface area contributed by atoms with E-state index in [4.69, 9.17) is 0 Å². The van der Waals surface area contributed by atoms with Gasteiger partial charge in [0.1, 0.15) is 18.3 Å². The molecule has 2 aromatic heterocycles. The molecule has 0 amide bonds. The van der Waals surface area contributed by atoms with E-state index in [1.807, 2.05) is 6.92 Å². The van der Waals surface area contributed by atoms with E-state index < -0.39 is 10.0 Å². The van der Waals surface area contributed by atoms with Crippen molar-refractivity contribution in [2.75, 3.05) is 4.72 Å². The molecule has 0 spiro atoms. The van der Waals surface area contributed by atoms with E-state index in [1.165, 1.54) is 12.7 Å². The fourth-order valence-corrected chi connectivity index (χ4v) is 3.23. The number of anilines is 1. The molecule has 0 unspecified atom stereocenters. The van der Waals surface area contributed by atoms with Crippen LogP contribution < -0.4 is 4.72 Å². The largest absolute Gasteiger partial charge is 0.274 e. The molecule has 0 aliphatic rings. The van der Waals surface area contributed by atoms with E-state index in [9.17, 15) is 8.42 Å². The molecular weight excluding hydrogens is 316 g/mol. The van der Waals surface area contributed by atoms with Crippen LogP contribution in [0.2, 0.25) is 0 Å². The molecule has 0 aliphatic heterocycles. The quantitative estimate of drug-likeness (QED) is 0.779. The Morgan fingerprint density at radius 2 is 1.65 bits per heavy atom. The summed E-state index contributed by atoms with van der Waals surface area (Å²) in [6.07, 6.45) is 2.93. The molecule has 0 aliphatic carbocycles. The zero-order valence-corrected chi connectivity index (χ0v) is 13.7. The molecule has 0 atom stereocenters. The Morgan fingerprint density at radius 1 is 1.04 bits per heavy atom. The van der Waals surface area contributed by atoms with Crippen LogP contribution in [-0.2, 0) is 17.1 Å². The zero-order chi connectivity index (χ0) is 16.6. The predicted molar refractivity (Wildman–Crippen MR) is 84.8 cm³/mol. The van der Waals surface area contributed by atoms with Gasteiger partial charge in [0.2, 0.25) is 0 Å². The minimum atomic E-state index is -3.71. The lowest BCUT2D eigenvalue weighted by Gasteiger charge is -2.09. The van der Waals surface area contributed by atoms with Crippen LogP contribution in [0.3, 0.4) is 0 Å². The Balaban J connectivity index is 2.04. The number of nitrogens with zero attached hydrogens (tertiary/aromatic N) is 5. The number of hydrogen-bond donors (Lipinski definition) is 1. The summed E-state index contributed by atoms with van der Waals surface area (Å²) < 4.78 is 31.0. The Hall–Kier alpha value is -2.68. The third kappa shape index (κ3) is 2.82. The van der Waals surface area contributed by atoms with Crippen molar-refractivity contribution in [3.05, 3.63) is 48.2 Å². The molecule has 3 aromatic rings. The van der Waals surface area contributed by atoms with Crippen LogP contribution in [0.4, 0.5) is 5.69 Å². The molecular formula is C14H16N6O2S. The topological polar surface area (TPSA) is 94.7 Å². The van der Waals surface area contributed by atoms with E-state index in [-0.39, 0.29) is 4.90 Å². The van der Waals surface area contributed by atoms with Gasteiger partial charge in [-0.2, -0.15) is 5.10 Å². The van der Waals surface area contributed by atoms with Gasteiger partial charge in [0.05, 0.1) is 10.6 Å². The van der Waals surface area contributed by atoms with Gasteiger partial charge < -0.3 is 0 Å². The van der Waals surface area contributed by atoms with Gasteiger partial charge >= 0.3 is 0 Å². The monoisotopic (exact) mass is 332 g/mol. The third-order valence-electron chi connectivity index (χ3n) is 3.55. The van der Waals surface area contributed by atoms with Gasteiger partial charge in [0, 0.05) is 7.05 Å². The summed E-state index contributed by atoms with van der Waals surface area (Å²) in [5.74, 6) is 0.422. The second-order valence-electron chi connectivity index (χ2n) is 5.20. The highest BCUT2D eigenvalue weighted by Gasteiger charge is 2.21. The van der Waals surface area contributed by atoms with E-state index >= 15 is 0 Å². The first-order valence-electron chi connectivity index (χ1n) is 6.86. The number of benzene rings is 1. The highest BCUT2D eigenvalue weighted by Crippen LogP contribution is 2.26. The van der Waals surface area contributed by atoms with Gasteiger partial charge in [-0.1, -0.05) is 17.7 Å². The van der Waals surface area contributed by atoms with Crippen molar-refractivity contribution in [1.82, 2.24) is 24.5 Å². The molecule has 0 saturated heterocycles. The summed E-state index contributed by atoms with van der Waals surface area (Å²) in [6.45, 7) is 3.69. The maximum atomic E-state index is 12.6. The summed E-state index contributed by atoms with van der Waals surface area (Å²) in [7, 11) is -1.97. The highest BCUT2D eigenvalue weighted by molar-refractivity contribution is 7.92. The second-order valence-corrected chi connectivity index (χ2v) is 6.88. The highest BCUT2D eigenvalue weighted by atomic mass is 32.2. The van der Waals surface area contributed by atoms with Crippen LogP contribution >= 0.6 is 0 Å². The maximum absolute atomic E-state index is 12.6. The van der Waals surface area contributed by atoms with Gasteiger partial charge in [-0.15, -0.1) is 10.2 Å². The minimum Gasteiger partial charge on any atom is -0.274 e. The van der Waals surface area contributed by atoms with Crippen molar-refractivity contribution < 1.29 is 8.42 Å². The first kappa shape index (κ1) is 15.2. The second kappa shape index (κ2) is 5.51. The smallest absolute Gasteiger partial charge is 0.262 e. The lowest BCUT2D eigenvalue weighted by Crippen LogP contribution is -2.14. The first-order chi connectivity index (χ1) is 10.9. The molecule has 8 nitrogen and oxygen atoms in total. The molecule has 2 heterocycles. The Labute approximate surface area is 133 Å². The molecule has 0 fully saturated rings. The van der Waals surface area contributed by atoms with Crippen molar-refractivity contribution >= 4 is 15.7 Å². The molecule has 0 saturated carbocycles.